The molecule has 0 aliphatic carbocycles. The Morgan fingerprint density at radius 2 is 0.687 bits per heavy atom. The molecule has 1 aliphatic rings. The Kier molecular flexibility index (Phi) is 53.1. The third-order valence-corrected chi connectivity index (χ3v) is 10.7. The molecule has 0 saturated carbocycles. The first kappa shape index (κ1) is 77.1. The van der Waals surface area contributed by atoms with Crippen molar-refractivity contribution in [2.75, 3.05) is 238 Å². The van der Waals surface area contributed by atoms with Crippen molar-refractivity contribution >= 4 is 35.5 Å². The lowest BCUT2D eigenvalue weighted by Gasteiger charge is -2.19. The number of ether oxygens (including phenoxy) is 17. The van der Waals surface area contributed by atoms with Crippen LogP contribution in [0, 0.1) is 0 Å². The molecular formula is C55H101N5O23. The van der Waals surface area contributed by atoms with Crippen LogP contribution in [0.2, 0.25) is 0 Å². The van der Waals surface area contributed by atoms with Gasteiger partial charge in [0, 0.05) is 51.2 Å². The normalized spacial score (nSPS) is 12.8. The number of carbonyl (C=O) groups excluding carboxylic acids is 6. The van der Waals surface area contributed by atoms with E-state index in [1.54, 1.807) is 0 Å². The maximum Gasteiger partial charge on any atom is 0.308 e. The number of unbranched alkanes of at least 4 members (excludes halogenated alkanes) is 1. The van der Waals surface area contributed by atoms with Crippen molar-refractivity contribution in [1.82, 2.24) is 20.9 Å². The summed E-state index contributed by atoms with van der Waals surface area (Å²) in [5, 5.41) is 8.30. The van der Waals surface area contributed by atoms with E-state index >= 15 is 0 Å². The van der Waals surface area contributed by atoms with Gasteiger partial charge in [0.05, 0.1) is 224 Å². The second kappa shape index (κ2) is 57.2. The Labute approximate surface area is 490 Å². The number of nitrogens with one attached hydrogen (secondary N) is 3. The summed E-state index contributed by atoms with van der Waals surface area (Å²) in [6, 6.07) is -0.639. The van der Waals surface area contributed by atoms with Crippen LogP contribution in [0.15, 0.2) is 12.2 Å². The predicted molar refractivity (Wildman–Crippen MR) is 300 cm³/mol. The molecule has 0 spiro atoms. The summed E-state index contributed by atoms with van der Waals surface area (Å²) in [6.45, 7) is 19.8. The molecule has 0 aromatic rings. The van der Waals surface area contributed by atoms with E-state index in [0.29, 0.717) is 237 Å². The van der Waals surface area contributed by atoms with Crippen LogP contribution in [0.1, 0.15) is 59.3 Å². The largest absolute Gasteiger partial charge is 0.460 e. The number of nitrogens with zero attached hydrogens (tertiary/aromatic N) is 1. The molecule has 0 fully saturated rings. The maximum absolute atomic E-state index is 12.3. The summed E-state index contributed by atoms with van der Waals surface area (Å²) in [5.74, 6) is -1.72. The molecule has 5 amide bonds. The standard InChI is InChI=1S/C55H101N5O23/c1-55(2,3)83-53(65)11-17-68-21-25-72-28-30-74-27-23-70-19-14-59-54(66)48(56)6-4-5-12-57-50(62)10-16-67-20-24-71-29-32-75-34-36-77-38-40-79-42-44-81-46-47-82-45-43-80-41-39-78-37-35-76-33-31-73-26-22-69-18-13-58-49(61)9-15-60-51(63)7-8-52(60)64/h7-8,48H,4-6,9-47,56H2,1-3H3,(H,57,62)(H,58,61)(H,59,66)/t48-/m0/s1. The van der Waals surface area contributed by atoms with Gasteiger partial charge in [0.15, 0.2) is 0 Å². The van der Waals surface area contributed by atoms with Crippen LogP contribution in [-0.2, 0) is 109 Å². The Morgan fingerprint density at radius 3 is 1.04 bits per heavy atom. The number of rotatable bonds is 63. The zero-order valence-electron chi connectivity index (χ0n) is 49.8. The van der Waals surface area contributed by atoms with E-state index in [4.69, 9.17) is 86.3 Å². The third-order valence-electron chi connectivity index (χ3n) is 10.7. The number of esters is 1. The second-order valence-electron chi connectivity index (χ2n) is 18.9. The molecule has 1 rings (SSSR count). The minimum absolute atomic E-state index is 0.0411. The molecule has 0 aromatic carbocycles. The first-order valence-electron chi connectivity index (χ1n) is 28.9. The third kappa shape index (κ3) is 54.5. The summed E-state index contributed by atoms with van der Waals surface area (Å²) in [4.78, 5) is 71.8. The molecule has 1 heterocycles. The second-order valence-corrected chi connectivity index (χ2v) is 18.9. The Bertz CT molecular complexity index is 1610. The fourth-order valence-electron chi connectivity index (χ4n) is 6.53. The van der Waals surface area contributed by atoms with Gasteiger partial charge in [-0.15, -0.1) is 0 Å². The number of carbonyl (C=O) groups is 6. The summed E-state index contributed by atoms with van der Waals surface area (Å²) < 4.78 is 92.8. The number of hydrogen-bond donors (Lipinski definition) is 4. The van der Waals surface area contributed by atoms with Gasteiger partial charge in [-0.25, -0.2) is 0 Å². The number of amides is 5. The molecule has 1 aliphatic heterocycles. The van der Waals surface area contributed by atoms with Gasteiger partial charge in [0.25, 0.3) is 11.8 Å². The van der Waals surface area contributed by atoms with Gasteiger partial charge in [-0.3, -0.25) is 33.7 Å². The van der Waals surface area contributed by atoms with Gasteiger partial charge in [-0.05, 0) is 40.0 Å². The van der Waals surface area contributed by atoms with Crippen LogP contribution in [0.4, 0.5) is 0 Å². The van der Waals surface area contributed by atoms with Crippen molar-refractivity contribution < 1.29 is 109 Å². The van der Waals surface area contributed by atoms with Gasteiger partial charge in [-0.1, -0.05) is 0 Å². The van der Waals surface area contributed by atoms with Crippen molar-refractivity contribution in [3.05, 3.63) is 12.2 Å². The van der Waals surface area contributed by atoms with Crippen LogP contribution in [0.25, 0.3) is 0 Å². The molecule has 83 heavy (non-hydrogen) atoms. The zero-order chi connectivity index (χ0) is 60.4. The minimum atomic E-state index is -0.639. The van der Waals surface area contributed by atoms with E-state index < -0.39 is 23.5 Å². The minimum Gasteiger partial charge on any atom is -0.460 e. The highest BCUT2D eigenvalue weighted by Gasteiger charge is 2.23. The van der Waals surface area contributed by atoms with Crippen LogP contribution < -0.4 is 21.7 Å². The SMILES string of the molecule is CC(C)(C)OC(=O)CCOCCOCCOCCOCCNC(=O)[C@@H](N)CCCCNC(=O)CCOCCOCCOCCOCCOCCOCCOCCOCCOCCOCCOCCOCCNC(=O)CCN1C(=O)C=CC1=O. The first-order valence-corrected chi connectivity index (χ1v) is 28.9. The van der Waals surface area contributed by atoms with Gasteiger partial charge in [-0.2, -0.15) is 0 Å². The highest BCUT2D eigenvalue weighted by molar-refractivity contribution is 6.13. The van der Waals surface area contributed by atoms with Gasteiger partial charge in [0.2, 0.25) is 17.7 Å². The first-order chi connectivity index (χ1) is 40.4. The summed E-state index contributed by atoms with van der Waals surface area (Å²) in [5.41, 5.74) is 5.51. The lowest BCUT2D eigenvalue weighted by atomic mass is 10.1. The summed E-state index contributed by atoms with van der Waals surface area (Å²) in [6.07, 6.45) is 4.75. The number of nitrogens with two attached hydrogens (primary N) is 1. The monoisotopic (exact) mass is 1200 g/mol. The lowest BCUT2D eigenvalue weighted by molar-refractivity contribution is -0.156. The van der Waals surface area contributed by atoms with Crippen molar-refractivity contribution in [1.29, 1.82) is 0 Å². The fraction of sp³-hybridized carbons (Fsp3) is 0.855. The lowest BCUT2D eigenvalue weighted by Crippen LogP contribution is -2.41. The van der Waals surface area contributed by atoms with Crippen LogP contribution in [0.5, 0.6) is 0 Å². The molecule has 0 saturated heterocycles. The fourth-order valence-corrected chi connectivity index (χ4v) is 6.53. The van der Waals surface area contributed by atoms with E-state index in [-0.39, 0.29) is 62.7 Å². The van der Waals surface area contributed by atoms with E-state index in [9.17, 15) is 28.8 Å². The van der Waals surface area contributed by atoms with E-state index in [2.05, 4.69) is 16.0 Å². The van der Waals surface area contributed by atoms with Crippen molar-refractivity contribution in [2.24, 2.45) is 5.73 Å². The van der Waals surface area contributed by atoms with Crippen LogP contribution in [0.3, 0.4) is 0 Å². The topological polar surface area (TPSA) is 325 Å². The van der Waals surface area contributed by atoms with E-state index in [1.165, 1.54) is 12.2 Å². The molecule has 28 nitrogen and oxygen atoms in total. The smallest absolute Gasteiger partial charge is 0.308 e. The van der Waals surface area contributed by atoms with Gasteiger partial charge < -0.3 is 102 Å². The highest BCUT2D eigenvalue weighted by atomic mass is 16.6. The van der Waals surface area contributed by atoms with Crippen molar-refractivity contribution in [2.45, 2.75) is 70.9 Å². The molecule has 5 N–H and O–H groups in total. The van der Waals surface area contributed by atoms with E-state index in [1.807, 2.05) is 20.8 Å². The molecule has 0 unspecified atom stereocenters. The Morgan fingerprint density at radius 1 is 0.398 bits per heavy atom. The molecule has 28 heteroatoms. The maximum atomic E-state index is 12.3. The van der Waals surface area contributed by atoms with Crippen LogP contribution >= 0.6 is 0 Å². The number of imide groups is 1. The van der Waals surface area contributed by atoms with Gasteiger partial charge in [0.1, 0.15) is 5.60 Å². The van der Waals surface area contributed by atoms with E-state index in [0.717, 1.165) is 4.90 Å². The molecule has 0 radical (unpaired) electrons. The molecule has 0 aromatic heterocycles. The molecule has 1 atom stereocenters. The Balaban J connectivity index is 1.68. The summed E-state index contributed by atoms with van der Waals surface area (Å²) >= 11 is 0. The quantitative estimate of drug-likeness (QED) is 0.0340. The summed E-state index contributed by atoms with van der Waals surface area (Å²) in [7, 11) is 0. The van der Waals surface area contributed by atoms with Crippen molar-refractivity contribution in [3.8, 4) is 0 Å². The Hall–Kier alpha value is -3.92. The average molecular weight is 1200 g/mol. The van der Waals surface area contributed by atoms with Crippen molar-refractivity contribution in [3.63, 3.8) is 0 Å². The number of hydrogen-bond acceptors (Lipinski definition) is 24. The molecule has 0 bridgehead atoms. The highest BCUT2D eigenvalue weighted by Crippen LogP contribution is 2.08. The van der Waals surface area contributed by atoms with Crippen LogP contribution in [-0.4, -0.2) is 290 Å². The zero-order valence-corrected chi connectivity index (χ0v) is 49.8. The predicted octanol–water partition coefficient (Wildman–Crippen LogP) is -0.465. The average Bonchev–Trinajstić information content (AvgIpc) is 3.79. The molecule has 484 valence electrons. The molecular weight excluding hydrogens is 1100 g/mol. The van der Waals surface area contributed by atoms with Gasteiger partial charge >= 0.3 is 5.97 Å².